The number of carbonyl (C=O) groups excluding carboxylic acids is 1. The fourth-order valence-electron chi connectivity index (χ4n) is 1.22. The average molecular weight is 245 g/mol. The van der Waals surface area contributed by atoms with Gasteiger partial charge in [0.15, 0.2) is 5.60 Å². The Morgan fingerprint density at radius 1 is 1.41 bits per heavy atom. The van der Waals surface area contributed by atoms with Gasteiger partial charge in [0, 0.05) is 11.8 Å². The van der Waals surface area contributed by atoms with Crippen molar-refractivity contribution in [1.82, 2.24) is 0 Å². The lowest BCUT2D eigenvalue weighted by atomic mass is 10.1. The maximum atomic E-state index is 12.8. The summed E-state index contributed by atoms with van der Waals surface area (Å²) < 4.78 is 30.1. The molecule has 6 heteroatoms. The van der Waals surface area contributed by atoms with E-state index in [2.05, 4.69) is 10.1 Å². The van der Waals surface area contributed by atoms with Crippen molar-refractivity contribution >= 4 is 11.7 Å². The first-order valence-electron chi connectivity index (χ1n) is 4.86. The summed E-state index contributed by atoms with van der Waals surface area (Å²) in [6, 6.07) is 2.83. The average Bonchev–Trinajstić information content (AvgIpc) is 2.24. The van der Waals surface area contributed by atoms with Gasteiger partial charge in [0.1, 0.15) is 11.6 Å². The molecule has 94 valence electrons. The molecule has 0 spiro atoms. The minimum Gasteiger partial charge on any atom is -0.467 e. The standard InChI is InChI=1S/C11H13F2NO3/c1-11(16,10(15)17-2)6-14-9-4-7(12)3-8(13)5-9/h3-5,14,16H,6H2,1-2H3. The number of nitrogens with one attached hydrogen (secondary N) is 1. The SMILES string of the molecule is COC(=O)C(C)(O)CNc1cc(F)cc(F)c1. The van der Waals surface area contributed by atoms with E-state index >= 15 is 0 Å². The Labute approximate surface area is 97.2 Å². The number of hydrogen-bond donors (Lipinski definition) is 2. The summed E-state index contributed by atoms with van der Waals surface area (Å²) in [5.41, 5.74) is -1.64. The molecule has 2 N–H and O–H groups in total. The smallest absolute Gasteiger partial charge is 0.339 e. The van der Waals surface area contributed by atoms with E-state index < -0.39 is 23.2 Å². The van der Waals surface area contributed by atoms with Crippen LogP contribution in [0.15, 0.2) is 18.2 Å². The van der Waals surface area contributed by atoms with Crippen molar-refractivity contribution < 1.29 is 23.4 Å². The van der Waals surface area contributed by atoms with Gasteiger partial charge in [-0.2, -0.15) is 0 Å². The van der Waals surface area contributed by atoms with Crippen molar-refractivity contribution in [3.05, 3.63) is 29.8 Å². The predicted octanol–water partition coefficient (Wildman–Crippen LogP) is 1.30. The van der Waals surface area contributed by atoms with Gasteiger partial charge in [0.2, 0.25) is 0 Å². The van der Waals surface area contributed by atoms with Crippen molar-refractivity contribution in [2.45, 2.75) is 12.5 Å². The minimum atomic E-state index is -1.77. The molecule has 0 aliphatic carbocycles. The Bertz CT molecular complexity index is 401. The van der Waals surface area contributed by atoms with Crippen molar-refractivity contribution in [1.29, 1.82) is 0 Å². The number of ether oxygens (including phenoxy) is 1. The van der Waals surface area contributed by atoms with Crippen LogP contribution >= 0.6 is 0 Å². The monoisotopic (exact) mass is 245 g/mol. The number of halogens is 2. The topological polar surface area (TPSA) is 58.6 Å². The Balaban J connectivity index is 2.70. The van der Waals surface area contributed by atoms with E-state index in [0.29, 0.717) is 0 Å². The highest BCUT2D eigenvalue weighted by Gasteiger charge is 2.31. The lowest BCUT2D eigenvalue weighted by molar-refractivity contribution is -0.158. The molecule has 1 aromatic rings. The highest BCUT2D eigenvalue weighted by atomic mass is 19.1. The van der Waals surface area contributed by atoms with Crippen LogP contribution < -0.4 is 5.32 Å². The van der Waals surface area contributed by atoms with Gasteiger partial charge < -0.3 is 15.2 Å². The highest BCUT2D eigenvalue weighted by molar-refractivity contribution is 5.79. The van der Waals surface area contributed by atoms with E-state index in [1.807, 2.05) is 0 Å². The molecule has 1 aromatic carbocycles. The Morgan fingerprint density at radius 2 is 1.94 bits per heavy atom. The number of rotatable bonds is 4. The van der Waals surface area contributed by atoms with Crippen LogP contribution in [0.2, 0.25) is 0 Å². The predicted molar refractivity (Wildman–Crippen MR) is 57.5 cm³/mol. The van der Waals surface area contributed by atoms with Gasteiger partial charge in [0.25, 0.3) is 0 Å². The van der Waals surface area contributed by atoms with E-state index in [9.17, 15) is 18.7 Å². The molecule has 0 heterocycles. The lowest BCUT2D eigenvalue weighted by Crippen LogP contribution is -2.42. The molecule has 0 bridgehead atoms. The summed E-state index contributed by atoms with van der Waals surface area (Å²) >= 11 is 0. The van der Waals surface area contributed by atoms with Gasteiger partial charge in [0.05, 0.1) is 13.7 Å². The van der Waals surface area contributed by atoms with Gasteiger partial charge in [-0.1, -0.05) is 0 Å². The third kappa shape index (κ3) is 3.67. The molecular weight excluding hydrogens is 232 g/mol. The first-order valence-corrected chi connectivity index (χ1v) is 4.86. The largest absolute Gasteiger partial charge is 0.467 e. The van der Waals surface area contributed by atoms with E-state index in [0.717, 1.165) is 25.3 Å². The molecule has 4 nitrogen and oxygen atoms in total. The fourth-order valence-corrected chi connectivity index (χ4v) is 1.22. The normalized spacial score (nSPS) is 13.9. The number of hydrogen-bond acceptors (Lipinski definition) is 4. The summed E-state index contributed by atoms with van der Waals surface area (Å²) in [6.07, 6.45) is 0. The van der Waals surface area contributed by atoms with Crippen LogP contribution in [0.4, 0.5) is 14.5 Å². The zero-order valence-electron chi connectivity index (χ0n) is 9.46. The molecular formula is C11H13F2NO3. The Kier molecular flexibility index (Phi) is 4.01. The first kappa shape index (κ1) is 13.4. The van der Waals surface area contributed by atoms with Crippen LogP contribution in [0, 0.1) is 11.6 Å². The van der Waals surface area contributed by atoms with Gasteiger partial charge in [-0.05, 0) is 19.1 Å². The molecule has 17 heavy (non-hydrogen) atoms. The maximum absolute atomic E-state index is 12.8. The first-order chi connectivity index (χ1) is 7.85. The van der Waals surface area contributed by atoms with Crippen LogP contribution in [0.1, 0.15) is 6.92 Å². The number of benzene rings is 1. The van der Waals surface area contributed by atoms with E-state index in [1.54, 1.807) is 0 Å². The van der Waals surface area contributed by atoms with Crippen LogP contribution in [0.5, 0.6) is 0 Å². The molecule has 0 saturated carbocycles. The Morgan fingerprint density at radius 3 is 2.41 bits per heavy atom. The van der Waals surface area contributed by atoms with Crippen LogP contribution in [-0.4, -0.2) is 30.3 Å². The van der Waals surface area contributed by atoms with Gasteiger partial charge in [-0.25, -0.2) is 13.6 Å². The van der Waals surface area contributed by atoms with Crippen LogP contribution in [0.3, 0.4) is 0 Å². The summed E-state index contributed by atoms with van der Waals surface area (Å²) in [5, 5.41) is 12.2. The van der Waals surface area contributed by atoms with Crippen LogP contribution in [0.25, 0.3) is 0 Å². The van der Waals surface area contributed by atoms with E-state index in [1.165, 1.54) is 6.92 Å². The third-order valence-electron chi connectivity index (χ3n) is 2.12. The molecule has 0 aliphatic heterocycles. The number of aliphatic hydroxyl groups is 1. The maximum Gasteiger partial charge on any atom is 0.339 e. The van der Waals surface area contributed by atoms with E-state index in [-0.39, 0.29) is 12.2 Å². The molecule has 1 atom stereocenters. The minimum absolute atomic E-state index is 0.131. The number of methoxy groups -OCH3 is 1. The summed E-state index contributed by atoms with van der Waals surface area (Å²) in [5.74, 6) is -2.32. The second-order valence-electron chi connectivity index (χ2n) is 3.78. The molecule has 0 aromatic heterocycles. The number of anilines is 1. The molecule has 0 radical (unpaired) electrons. The molecule has 0 saturated heterocycles. The zero-order chi connectivity index (χ0) is 13.1. The van der Waals surface area contributed by atoms with Crippen molar-refractivity contribution in [3.63, 3.8) is 0 Å². The van der Waals surface area contributed by atoms with Crippen molar-refractivity contribution in [2.75, 3.05) is 19.0 Å². The van der Waals surface area contributed by atoms with Crippen LogP contribution in [-0.2, 0) is 9.53 Å². The zero-order valence-corrected chi connectivity index (χ0v) is 9.46. The summed E-state index contributed by atoms with van der Waals surface area (Å²) in [4.78, 5) is 11.1. The lowest BCUT2D eigenvalue weighted by Gasteiger charge is -2.21. The van der Waals surface area contributed by atoms with Crippen molar-refractivity contribution in [2.24, 2.45) is 0 Å². The molecule has 1 unspecified atom stereocenters. The fraction of sp³-hybridized carbons (Fsp3) is 0.364. The van der Waals surface area contributed by atoms with Crippen molar-refractivity contribution in [3.8, 4) is 0 Å². The van der Waals surface area contributed by atoms with Gasteiger partial charge in [-0.3, -0.25) is 0 Å². The molecule has 0 amide bonds. The summed E-state index contributed by atoms with van der Waals surface area (Å²) in [6.45, 7) is 1.02. The number of carbonyl (C=O) groups is 1. The Hall–Kier alpha value is -1.69. The second-order valence-corrected chi connectivity index (χ2v) is 3.78. The van der Waals surface area contributed by atoms with Gasteiger partial charge >= 0.3 is 5.97 Å². The summed E-state index contributed by atoms with van der Waals surface area (Å²) in [7, 11) is 1.14. The highest BCUT2D eigenvalue weighted by Crippen LogP contribution is 2.14. The molecule has 1 rings (SSSR count). The molecule has 0 fully saturated rings. The van der Waals surface area contributed by atoms with Gasteiger partial charge in [-0.15, -0.1) is 0 Å². The third-order valence-corrected chi connectivity index (χ3v) is 2.12. The second kappa shape index (κ2) is 5.09. The number of esters is 1. The van der Waals surface area contributed by atoms with E-state index in [4.69, 9.17) is 0 Å². The molecule has 0 aliphatic rings. The quantitative estimate of drug-likeness (QED) is 0.785.